The highest BCUT2D eigenvalue weighted by Crippen LogP contribution is 2.30. The van der Waals surface area contributed by atoms with Crippen LogP contribution in [0.1, 0.15) is 12.0 Å². The van der Waals surface area contributed by atoms with Crippen LogP contribution in [0.4, 0.5) is 11.4 Å². The first-order chi connectivity index (χ1) is 8.82. The maximum Gasteiger partial charge on any atom is 0.271 e. The Bertz CT molecular complexity index is 480. The Labute approximate surface area is 116 Å². The molecule has 6 nitrogen and oxygen atoms in total. The van der Waals surface area contributed by atoms with Crippen molar-refractivity contribution in [3.63, 3.8) is 0 Å². The van der Waals surface area contributed by atoms with Gasteiger partial charge in [-0.05, 0) is 12.5 Å². The number of nitrogens with zero attached hydrogens (tertiary/aromatic N) is 2. The Hall–Kier alpha value is -1.82. The van der Waals surface area contributed by atoms with E-state index in [9.17, 15) is 14.9 Å². The Morgan fingerprint density at radius 2 is 2.11 bits per heavy atom. The summed E-state index contributed by atoms with van der Waals surface area (Å²) in [7, 11) is 3.37. The number of aryl methyl sites for hydroxylation is 1. The van der Waals surface area contributed by atoms with E-state index in [1.54, 1.807) is 21.0 Å². The van der Waals surface area contributed by atoms with Crippen LogP contribution in [0, 0.1) is 17.0 Å². The number of carbonyl (C=O) groups is 1. The molecular weight excluding hydrogens is 270 g/mol. The summed E-state index contributed by atoms with van der Waals surface area (Å²) in [5.74, 6) is 0.00295. The number of nitro groups is 1. The molecule has 0 fully saturated rings. The maximum absolute atomic E-state index is 11.4. The van der Waals surface area contributed by atoms with Crippen LogP contribution in [0.25, 0.3) is 0 Å². The molecule has 1 amide bonds. The van der Waals surface area contributed by atoms with Crippen molar-refractivity contribution in [2.75, 3.05) is 26.0 Å². The molecule has 1 rings (SSSR count). The standard InChI is InChI=1S/C12H16ClN3O3/c1-8-6-9(16(18)19)7-10(13)12(8)14-5-4-11(17)15(2)3/h6-7,14H,4-5H2,1-3H3. The predicted octanol–water partition coefficient (Wildman–Crippen LogP) is 2.45. The van der Waals surface area contributed by atoms with Gasteiger partial charge in [-0.2, -0.15) is 0 Å². The predicted molar refractivity (Wildman–Crippen MR) is 74.6 cm³/mol. The molecule has 0 saturated carbocycles. The van der Waals surface area contributed by atoms with E-state index in [2.05, 4.69) is 5.32 Å². The fourth-order valence-corrected chi connectivity index (χ4v) is 1.90. The average Bonchev–Trinajstić information content (AvgIpc) is 2.31. The van der Waals surface area contributed by atoms with Gasteiger partial charge in [-0.1, -0.05) is 11.6 Å². The molecule has 1 N–H and O–H groups in total. The fraction of sp³-hybridized carbons (Fsp3) is 0.417. The lowest BCUT2D eigenvalue weighted by molar-refractivity contribution is -0.384. The van der Waals surface area contributed by atoms with Crippen molar-refractivity contribution >= 4 is 28.9 Å². The molecule has 0 atom stereocenters. The average molecular weight is 286 g/mol. The molecular formula is C12H16ClN3O3. The number of benzene rings is 1. The maximum atomic E-state index is 11.4. The molecule has 0 radical (unpaired) electrons. The van der Waals surface area contributed by atoms with Gasteiger partial charge in [0.05, 0.1) is 15.6 Å². The first-order valence-corrected chi connectivity index (χ1v) is 6.09. The van der Waals surface area contributed by atoms with Crippen LogP contribution in [0.15, 0.2) is 12.1 Å². The van der Waals surface area contributed by atoms with Gasteiger partial charge in [-0.15, -0.1) is 0 Å². The molecule has 104 valence electrons. The molecule has 0 saturated heterocycles. The highest BCUT2D eigenvalue weighted by molar-refractivity contribution is 6.33. The van der Waals surface area contributed by atoms with E-state index in [1.165, 1.54) is 17.0 Å². The SMILES string of the molecule is Cc1cc([N+](=O)[O-])cc(Cl)c1NCCC(=O)N(C)C. The van der Waals surface area contributed by atoms with Crippen molar-refractivity contribution < 1.29 is 9.72 Å². The summed E-state index contributed by atoms with van der Waals surface area (Å²) in [6.45, 7) is 2.16. The zero-order chi connectivity index (χ0) is 14.6. The Kier molecular flexibility index (Phi) is 5.11. The van der Waals surface area contributed by atoms with Gasteiger partial charge in [-0.3, -0.25) is 14.9 Å². The van der Waals surface area contributed by atoms with Crippen molar-refractivity contribution in [2.45, 2.75) is 13.3 Å². The summed E-state index contributed by atoms with van der Waals surface area (Å²) < 4.78 is 0. The number of anilines is 1. The van der Waals surface area contributed by atoms with Crippen molar-refractivity contribution in [3.8, 4) is 0 Å². The van der Waals surface area contributed by atoms with Crippen molar-refractivity contribution in [1.29, 1.82) is 0 Å². The van der Waals surface area contributed by atoms with E-state index in [0.29, 0.717) is 24.2 Å². The van der Waals surface area contributed by atoms with Gasteiger partial charge < -0.3 is 10.2 Å². The van der Waals surface area contributed by atoms with Gasteiger partial charge in [0.1, 0.15) is 0 Å². The molecule has 0 heterocycles. The minimum absolute atomic E-state index is 0.00295. The van der Waals surface area contributed by atoms with E-state index >= 15 is 0 Å². The van der Waals surface area contributed by atoms with Crippen molar-refractivity contribution in [3.05, 3.63) is 32.8 Å². The molecule has 0 aliphatic rings. The monoisotopic (exact) mass is 285 g/mol. The quantitative estimate of drug-likeness (QED) is 0.666. The zero-order valence-corrected chi connectivity index (χ0v) is 11.8. The van der Waals surface area contributed by atoms with Crippen LogP contribution in [0.2, 0.25) is 5.02 Å². The van der Waals surface area contributed by atoms with Gasteiger partial charge in [0, 0.05) is 39.2 Å². The second-order valence-corrected chi connectivity index (χ2v) is 4.75. The van der Waals surface area contributed by atoms with Gasteiger partial charge in [0.2, 0.25) is 5.91 Å². The summed E-state index contributed by atoms with van der Waals surface area (Å²) in [5.41, 5.74) is 1.26. The first kappa shape index (κ1) is 15.2. The largest absolute Gasteiger partial charge is 0.383 e. The van der Waals surface area contributed by atoms with Crippen LogP contribution < -0.4 is 5.32 Å². The lowest BCUT2D eigenvalue weighted by Crippen LogP contribution is -2.24. The topological polar surface area (TPSA) is 75.5 Å². The summed E-state index contributed by atoms with van der Waals surface area (Å²) in [6.07, 6.45) is 0.333. The van der Waals surface area contributed by atoms with Gasteiger partial charge >= 0.3 is 0 Å². The van der Waals surface area contributed by atoms with Crippen molar-refractivity contribution in [2.24, 2.45) is 0 Å². The Morgan fingerprint density at radius 3 is 2.58 bits per heavy atom. The Morgan fingerprint density at radius 1 is 1.47 bits per heavy atom. The third kappa shape index (κ3) is 4.10. The molecule has 1 aromatic rings. The summed E-state index contributed by atoms with van der Waals surface area (Å²) in [5, 5.41) is 14.0. The number of halogens is 1. The second kappa shape index (κ2) is 6.38. The van der Waals surface area contributed by atoms with E-state index in [4.69, 9.17) is 11.6 Å². The van der Waals surface area contributed by atoms with Crippen molar-refractivity contribution in [1.82, 2.24) is 4.90 Å². The fourth-order valence-electron chi connectivity index (χ4n) is 1.57. The number of nitrogens with one attached hydrogen (secondary N) is 1. The molecule has 0 unspecified atom stereocenters. The smallest absolute Gasteiger partial charge is 0.271 e. The molecule has 0 aromatic heterocycles. The van der Waals surface area contributed by atoms with E-state index in [-0.39, 0.29) is 16.6 Å². The lowest BCUT2D eigenvalue weighted by Gasteiger charge is -2.13. The van der Waals surface area contributed by atoms with Crippen LogP contribution in [-0.4, -0.2) is 36.4 Å². The minimum Gasteiger partial charge on any atom is -0.383 e. The third-order valence-corrected chi connectivity index (χ3v) is 2.92. The second-order valence-electron chi connectivity index (χ2n) is 4.34. The van der Waals surface area contributed by atoms with Crippen LogP contribution in [-0.2, 0) is 4.79 Å². The van der Waals surface area contributed by atoms with Gasteiger partial charge in [-0.25, -0.2) is 0 Å². The number of hydrogen-bond donors (Lipinski definition) is 1. The normalized spacial score (nSPS) is 10.1. The Balaban J connectivity index is 2.74. The molecule has 0 spiro atoms. The number of rotatable bonds is 5. The summed E-state index contributed by atoms with van der Waals surface area (Å²) >= 11 is 5.99. The molecule has 0 bridgehead atoms. The molecule has 7 heteroatoms. The number of amides is 1. The molecule has 0 aliphatic heterocycles. The number of non-ortho nitro benzene ring substituents is 1. The first-order valence-electron chi connectivity index (χ1n) is 5.71. The van der Waals surface area contributed by atoms with E-state index in [0.717, 1.165) is 0 Å². The number of carbonyl (C=O) groups excluding carboxylic acids is 1. The minimum atomic E-state index is -0.488. The highest BCUT2D eigenvalue weighted by Gasteiger charge is 2.13. The van der Waals surface area contributed by atoms with Gasteiger partial charge in [0.15, 0.2) is 0 Å². The van der Waals surface area contributed by atoms with E-state index in [1.807, 2.05) is 0 Å². The van der Waals surface area contributed by atoms with Gasteiger partial charge in [0.25, 0.3) is 5.69 Å². The third-order valence-electron chi connectivity index (χ3n) is 2.62. The lowest BCUT2D eigenvalue weighted by atomic mass is 10.1. The van der Waals surface area contributed by atoms with E-state index < -0.39 is 4.92 Å². The van der Waals surface area contributed by atoms with Crippen LogP contribution >= 0.6 is 11.6 Å². The van der Waals surface area contributed by atoms with Crippen LogP contribution in [0.3, 0.4) is 0 Å². The number of nitro benzene ring substituents is 1. The molecule has 0 aliphatic carbocycles. The highest BCUT2D eigenvalue weighted by atomic mass is 35.5. The number of hydrogen-bond acceptors (Lipinski definition) is 4. The summed E-state index contributed by atoms with van der Waals surface area (Å²) in [6, 6.07) is 2.74. The van der Waals surface area contributed by atoms with Crippen LogP contribution in [0.5, 0.6) is 0 Å². The zero-order valence-electron chi connectivity index (χ0n) is 11.1. The molecule has 19 heavy (non-hydrogen) atoms. The summed E-state index contributed by atoms with van der Waals surface area (Å²) in [4.78, 5) is 23.1. The molecule has 1 aromatic carbocycles.